The number of rotatable bonds is 23. The van der Waals surface area contributed by atoms with E-state index in [1.165, 1.54) is 17.9 Å². The number of aliphatic hydroxyl groups excluding tert-OH is 1. The molecule has 5 fully saturated rings. The SMILES string of the molecule is CCC1CC(=O)N(CCOCCOCCC(=O)NC2CCC(CC(=O)C[C@@H]3C[C@@]4(CO4)[C@H](O)[C@@H](/C=C/C(C)=C/C[C@@H]4O[C@H](C)[C@H](NC(=O)/C=C\[C@H](C)OC(C)=O)C[C@@H]4C)O3)CC2)C1=O. The first-order valence-corrected chi connectivity index (χ1v) is 23.5. The van der Waals surface area contributed by atoms with Gasteiger partial charge < -0.3 is 44.2 Å². The molecule has 4 heterocycles. The van der Waals surface area contributed by atoms with Gasteiger partial charge in [-0.25, -0.2) is 0 Å². The Labute approximate surface area is 378 Å². The van der Waals surface area contributed by atoms with Crippen LogP contribution in [-0.4, -0.2) is 139 Å². The number of carbonyl (C=O) groups excluding carboxylic acids is 6. The molecule has 3 N–H and O–H groups in total. The highest BCUT2D eigenvalue weighted by Crippen LogP contribution is 2.44. The molecule has 5 aliphatic rings. The first-order chi connectivity index (χ1) is 30.5. The minimum absolute atomic E-state index is 0.0330. The summed E-state index contributed by atoms with van der Waals surface area (Å²) in [5, 5.41) is 17.3. The second-order valence-corrected chi connectivity index (χ2v) is 18.5. The number of epoxide rings is 1. The topological polar surface area (TPSA) is 209 Å². The van der Waals surface area contributed by atoms with Crippen LogP contribution >= 0.6 is 0 Å². The third-order valence-corrected chi connectivity index (χ3v) is 13.2. The maximum atomic E-state index is 13.3. The fraction of sp³-hybridized carbons (Fsp3) is 0.750. The average Bonchev–Trinajstić information content (AvgIpc) is 3.96. The van der Waals surface area contributed by atoms with Crippen molar-refractivity contribution in [2.45, 2.75) is 173 Å². The second-order valence-electron chi connectivity index (χ2n) is 18.5. The largest absolute Gasteiger partial charge is 0.459 e. The average molecular weight is 900 g/mol. The zero-order valence-electron chi connectivity index (χ0n) is 38.8. The van der Waals surface area contributed by atoms with E-state index in [0.717, 1.165) is 37.7 Å². The van der Waals surface area contributed by atoms with Gasteiger partial charge in [0.05, 0.1) is 63.9 Å². The van der Waals surface area contributed by atoms with E-state index in [9.17, 15) is 33.9 Å². The van der Waals surface area contributed by atoms with Gasteiger partial charge in [0.15, 0.2) is 0 Å². The number of ether oxygens (including phenoxy) is 6. The predicted molar refractivity (Wildman–Crippen MR) is 235 cm³/mol. The molecular formula is C48H73N3O13. The zero-order valence-corrected chi connectivity index (χ0v) is 38.8. The van der Waals surface area contributed by atoms with E-state index in [-0.39, 0.29) is 117 Å². The van der Waals surface area contributed by atoms with Crippen LogP contribution in [0.1, 0.15) is 119 Å². The molecule has 1 aliphatic carbocycles. The molecule has 358 valence electrons. The van der Waals surface area contributed by atoms with Crippen molar-refractivity contribution in [3.05, 3.63) is 36.0 Å². The molecule has 1 saturated carbocycles. The van der Waals surface area contributed by atoms with Crippen molar-refractivity contribution < 1.29 is 62.3 Å². The number of esters is 1. The van der Waals surface area contributed by atoms with Crippen LogP contribution in [0.5, 0.6) is 0 Å². The van der Waals surface area contributed by atoms with Gasteiger partial charge in [-0.3, -0.25) is 33.7 Å². The van der Waals surface area contributed by atoms with E-state index < -0.39 is 29.9 Å². The molecule has 0 aromatic heterocycles. The summed E-state index contributed by atoms with van der Waals surface area (Å²) in [4.78, 5) is 75.0. The summed E-state index contributed by atoms with van der Waals surface area (Å²) < 4.78 is 34.5. The lowest BCUT2D eigenvalue weighted by atomic mass is 9.81. The van der Waals surface area contributed by atoms with Crippen LogP contribution < -0.4 is 10.6 Å². The summed E-state index contributed by atoms with van der Waals surface area (Å²) in [5.74, 6) is -0.648. The van der Waals surface area contributed by atoms with Gasteiger partial charge >= 0.3 is 5.97 Å². The molecule has 4 aliphatic heterocycles. The molecule has 5 rings (SSSR count). The van der Waals surface area contributed by atoms with Gasteiger partial charge in [-0.05, 0) is 83.6 Å². The van der Waals surface area contributed by atoms with Crippen molar-refractivity contribution in [1.29, 1.82) is 0 Å². The molecule has 0 radical (unpaired) electrons. The molecule has 0 aromatic carbocycles. The Morgan fingerprint density at radius 1 is 0.969 bits per heavy atom. The van der Waals surface area contributed by atoms with Crippen molar-refractivity contribution in [3.8, 4) is 0 Å². The van der Waals surface area contributed by atoms with Crippen LogP contribution in [0.25, 0.3) is 0 Å². The molecule has 64 heavy (non-hydrogen) atoms. The number of imide groups is 1. The van der Waals surface area contributed by atoms with E-state index in [4.69, 9.17) is 28.4 Å². The van der Waals surface area contributed by atoms with E-state index in [1.807, 2.05) is 32.9 Å². The Morgan fingerprint density at radius 2 is 1.69 bits per heavy atom. The number of carbonyl (C=O) groups is 6. The molecule has 10 atom stereocenters. The number of ketones is 1. The fourth-order valence-corrected chi connectivity index (χ4v) is 9.30. The number of nitrogens with zero attached hydrogens (tertiary/aromatic N) is 1. The molecule has 4 saturated heterocycles. The van der Waals surface area contributed by atoms with E-state index in [0.29, 0.717) is 45.5 Å². The third kappa shape index (κ3) is 15.7. The van der Waals surface area contributed by atoms with Crippen LogP contribution in [0.4, 0.5) is 0 Å². The summed E-state index contributed by atoms with van der Waals surface area (Å²) >= 11 is 0. The van der Waals surface area contributed by atoms with Gasteiger partial charge in [-0.2, -0.15) is 0 Å². The second kappa shape index (κ2) is 24.6. The predicted octanol–water partition coefficient (Wildman–Crippen LogP) is 4.21. The molecule has 0 bridgehead atoms. The van der Waals surface area contributed by atoms with Gasteiger partial charge in [0.2, 0.25) is 23.6 Å². The summed E-state index contributed by atoms with van der Waals surface area (Å²) in [6.45, 7) is 12.8. The molecule has 1 spiro atoms. The lowest BCUT2D eigenvalue weighted by Gasteiger charge is -2.39. The first kappa shape index (κ1) is 51.2. The highest BCUT2D eigenvalue weighted by atomic mass is 16.6. The molecule has 1 unspecified atom stereocenters. The van der Waals surface area contributed by atoms with Gasteiger partial charge in [0, 0.05) is 57.1 Å². The summed E-state index contributed by atoms with van der Waals surface area (Å²) in [6, 6.07) is -0.0822. The zero-order chi connectivity index (χ0) is 46.4. The van der Waals surface area contributed by atoms with Gasteiger partial charge in [-0.15, -0.1) is 0 Å². The van der Waals surface area contributed by atoms with Crippen LogP contribution in [0.2, 0.25) is 0 Å². The number of amides is 4. The van der Waals surface area contributed by atoms with Crippen LogP contribution in [0, 0.1) is 17.8 Å². The molecular weight excluding hydrogens is 827 g/mol. The number of nitrogens with one attached hydrogen (secondary N) is 2. The van der Waals surface area contributed by atoms with Crippen molar-refractivity contribution >= 4 is 35.4 Å². The van der Waals surface area contributed by atoms with E-state index in [2.05, 4.69) is 23.6 Å². The van der Waals surface area contributed by atoms with Crippen LogP contribution in [0.3, 0.4) is 0 Å². The number of aliphatic hydroxyl groups is 1. The molecule has 16 heteroatoms. The summed E-state index contributed by atoms with van der Waals surface area (Å²) in [7, 11) is 0. The van der Waals surface area contributed by atoms with Crippen LogP contribution in [-0.2, 0) is 57.2 Å². The number of allylic oxidation sites excluding steroid dienone is 2. The first-order valence-electron chi connectivity index (χ1n) is 23.5. The van der Waals surface area contributed by atoms with Gasteiger partial charge in [-0.1, -0.05) is 37.6 Å². The lowest BCUT2D eigenvalue weighted by Crippen LogP contribution is -2.50. The Bertz CT molecular complexity index is 1700. The number of hydrogen-bond acceptors (Lipinski definition) is 13. The van der Waals surface area contributed by atoms with Crippen LogP contribution in [0.15, 0.2) is 36.0 Å². The monoisotopic (exact) mass is 900 g/mol. The maximum absolute atomic E-state index is 13.3. The summed E-state index contributed by atoms with van der Waals surface area (Å²) in [6.07, 6.45) is 13.4. The normalized spacial score (nSPS) is 32.6. The quantitative estimate of drug-likeness (QED) is 0.0329. The molecule has 16 nitrogen and oxygen atoms in total. The Balaban J connectivity index is 0.948. The highest BCUT2D eigenvalue weighted by molar-refractivity contribution is 6.03. The van der Waals surface area contributed by atoms with Crippen molar-refractivity contribution in [3.63, 3.8) is 0 Å². The Hall–Kier alpha value is -3.80. The van der Waals surface area contributed by atoms with Gasteiger partial charge in [0.1, 0.15) is 29.7 Å². The smallest absolute Gasteiger partial charge is 0.303 e. The van der Waals surface area contributed by atoms with E-state index in [1.54, 1.807) is 13.0 Å². The Morgan fingerprint density at radius 3 is 2.36 bits per heavy atom. The molecule has 4 amide bonds. The third-order valence-electron chi connectivity index (χ3n) is 13.2. The summed E-state index contributed by atoms with van der Waals surface area (Å²) in [5.41, 5.74) is 0.300. The van der Waals surface area contributed by atoms with Gasteiger partial charge in [0.25, 0.3) is 0 Å². The van der Waals surface area contributed by atoms with E-state index >= 15 is 0 Å². The highest BCUT2D eigenvalue weighted by Gasteiger charge is 2.58. The number of Topliss-reactive ketones (excluding diaryl/α,β-unsaturated/α-hetero) is 1. The lowest BCUT2D eigenvalue weighted by molar-refractivity contribution is -0.145. The minimum atomic E-state index is -0.838. The standard InChI is InChI=1S/C48H73N3O13/c1-7-36-26-45(56)51(47(36)58)19-21-60-23-22-59-20-18-44(55)49-37-13-11-35(12-14-37)25-38(53)27-39-28-48(29-61-48)46(57)42(64-39)16-9-30(2)8-15-41-31(3)24-40(33(5)63-41)50-43(54)17-10-32(4)62-34(6)52/h8-10,16-17,31-33,35-37,39-42,46,57H,7,11-15,18-29H2,1-6H3,(H,49,55)(H,50,54)/b16-9+,17-10-,30-8+/t31-,32-,33+,35?,36?,37?,39+,40+,41-,42+,46+,48+/m0/s1. The van der Waals surface area contributed by atoms with Crippen molar-refractivity contribution in [1.82, 2.24) is 15.5 Å². The maximum Gasteiger partial charge on any atom is 0.303 e. The number of hydrogen-bond donors (Lipinski definition) is 3. The molecule has 0 aromatic rings. The fourth-order valence-electron chi connectivity index (χ4n) is 9.30. The number of likely N-dealkylation sites (tertiary alicyclic amines) is 1. The van der Waals surface area contributed by atoms with Crippen molar-refractivity contribution in [2.75, 3.05) is 39.6 Å². The minimum Gasteiger partial charge on any atom is -0.459 e. The Kier molecular flexibility index (Phi) is 19.7. The van der Waals surface area contributed by atoms with Crippen molar-refractivity contribution in [2.24, 2.45) is 17.8 Å².